The van der Waals surface area contributed by atoms with Gasteiger partial charge in [-0.05, 0) is 42.9 Å². The molecule has 4 atom stereocenters. The summed E-state index contributed by atoms with van der Waals surface area (Å²) in [5.74, 6) is -0.111. The molecule has 132 valence electrons. The quantitative estimate of drug-likeness (QED) is 0.886. The molecule has 2 heterocycles. The van der Waals surface area contributed by atoms with E-state index in [-0.39, 0.29) is 22.9 Å². The number of likely N-dealkylation sites (tertiary alicyclic amines) is 1. The number of carbonyl (C=O) groups is 1. The number of amides is 1. The molecule has 1 aliphatic heterocycles. The zero-order valence-electron chi connectivity index (χ0n) is 13.4. The van der Waals surface area contributed by atoms with Crippen molar-refractivity contribution in [2.24, 2.45) is 11.8 Å². The van der Waals surface area contributed by atoms with Crippen LogP contribution in [0.1, 0.15) is 29.2 Å². The number of hydrogen-bond acceptors (Lipinski definition) is 4. The van der Waals surface area contributed by atoms with E-state index in [9.17, 15) is 14.3 Å². The number of aromatic nitrogens is 3. The Morgan fingerprint density at radius 2 is 2.04 bits per heavy atom. The first-order valence-corrected chi connectivity index (χ1v) is 8.67. The second-order valence-electron chi connectivity index (χ2n) is 6.84. The highest BCUT2D eigenvalue weighted by molar-refractivity contribution is 6.33. The zero-order chi connectivity index (χ0) is 17.6. The van der Waals surface area contributed by atoms with Gasteiger partial charge in [0.15, 0.2) is 0 Å². The molecule has 0 radical (unpaired) electrons. The zero-order valence-corrected chi connectivity index (χ0v) is 14.2. The fraction of sp³-hybridized carbons (Fsp3) is 0.471. The SMILES string of the molecule is O=C(c1ccc(F)cc1Cl)N1C[C@H]2C[C@@H](n3cncn3)[C@H](O)C[C@H]2C1. The van der Waals surface area contributed by atoms with Crippen LogP contribution in [0.5, 0.6) is 0 Å². The van der Waals surface area contributed by atoms with Crippen molar-refractivity contribution < 1.29 is 14.3 Å². The number of nitrogens with zero attached hydrogens (tertiary/aromatic N) is 4. The summed E-state index contributed by atoms with van der Waals surface area (Å²) in [6, 6.07) is 3.71. The van der Waals surface area contributed by atoms with E-state index in [0.29, 0.717) is 31.0 Å². The third kappa shape index (κ3) is 3.02. The van der Waals surface area contributed by atoms with Crippen LogP contribution in [0.2, 0.25) is 5.02 Å². The molecule has 2 fully saturated rings. The molecule has 1 amide bonds. The number of aliphatic hydroxyl groups excluding tert-OH is 1. The summed E-state index contributed by atoms with van der Waals surface area (Å²) < 4.78 is 14.9. The van der Waals surface area contributed by atoms with Crippen molar-refractivity contribution in [3.63, 3.8) is 0 Å². The van der Waals surface area contributed by atoms with Crippen LogP contribution in [-0.2, 0) is 0 Å². The van der Waals surface area contributed by atoms with Crippen LogP contribution in [0.4, 0.5) is 4.39 Å². The van der Waals surface area contributed by atoms with Gasteiger partial charge in [-0.1, -0.05) is 11.6 Å². The van der Waals surface area contributed by atoms with Crippen molar-refractivity contribution >= 4 is 17.5 Å². The Labute approximate surface area is 149 Å². The smallest absolute Gasteiger partial charge is 0.255 e. The lowest BCUT2D eigenvalue weighted by Gasteiger charge is -2.34. The maximum absolute atomic E-state index is 13.2. The van der Waals surface area contributed by atoms with Crippen molar-refractivity contribution in [2.75, 3.05) is 13.1 Å². The molecule has 1 N–H and O–H groups in total. The van der Waals surface area contributed by atoms with Gasteiger partial charge in [0.25, 0.3) is 5.91 Å². The summed E-state index contributed by atoms with van der Waals surface area (Å²) in [5.41, 5.74) is 0.315. The summed E-state index contributed by atoms with van der Waals surface area (Å²) in [5, 5.41) is 14.7. The van der Waals surface area contributed by atoms with E-state index in [2.05, 4.69) is 10.1 Å². The highest BCUT2D eigenvalue weighted by Gasteiger charge is 2.44. The molecule has 2 aliphatic rings. The predicted octanol–water partition coefficient (Wildman–Crippen LogP) is 2.15. The van der Waals surface area contributed by atoms with Crippen molar-refractivity contribution in [3.8, 4) is 0 Å². The van der Waals surface area contributed by atoms with Crippen molar-refractivity contribution in [2.45, 2.75) is 25.0 Å². The number of benzene rings is 1. The minimum absolute atomic E-state index is 0.117. The van der Waals surface area contributed by atoms with E-state index >= 15 is 0 Å². The molecule has 1 saturated carbocycles. The van der Waals surface area contributed by atoms with E-state index < -0.39 is 11.9 Å². The van der Waals surface area contributed by atoms with Gasteiger partial charge in [-0.25, -0.2) is 14.1 Å². The lowest BCUT2D eigenvalue weighted by Crippen LogP contribution is -2.36. The van der Waals surface area contributed by atoms with Gasteiger partial charge in [0.1, 0.15) is 18.5 Å². The summed E-state index contributed by atoms with van der Waals surface area (Å²) in [7, 11) is 0. The first kappa shape index (κ1) is 16.5. The Morgan fingerprint density at radius 1 is 1.28 bits per heavy atom. The van der Waals surface area contributed by atoms with E-state index in [1.807, 2.05) is 0 Å². The normalized spacial score (nSPS) is 28.8. The van der Waals surface area contributed by atoms with Crippen LogP contribution >= 0.6 is 11.6 Å². The van der Waals surface area contributed by atoms with Crippen molar-refractivity contribution in [1.29, 1.82) is 0 Å². The molecular formula is C17H18ClFN4O2. The van der Waals surface area contributed by atoms with E-state index in [4.69, 9.17) is 11.6 Å². The average molecular weight is 365 g/mol. The summed E-state index contributed by atoms with van der Waals surface area (Å²) in [4.78, 5) is 18.4. The van der Waals surface area contributed by atoms with Gasteiger partial charge in [0.05, 0.1) is 22.7 Å². The van der Waals surface area contributed by atoms with Gasteiger partial charge < -0.3 is 10.0 Å². The first-order chi connectivity index (χ1) is 12.0. The second kappa shape index (κ2) is 6.38. The first-order valence-electron chi connectivity index (χ1n) is 8.29. The van der Waals surface area contributed by atoms with Crippen LogP contribution in [0.3, 0.4) is 0 Å². The molecule has 4 rings (SSSR count). The number of rotatable bonds is 2. The molecule has 1 aliphatic carbocycles. The molecule has 1 saturated heterocycles. The topological polar surface area (TPSA) is 71.2 Å². The summed E-state index contributed by atoms with van der Waals surface area (Å²) >= 11 is 6.02. The lowest BCUT2D eigenvalue weighted by atomic mass is 9.77. The molecule has 0 spiro atoms. The minimum atomic E-state index is -0.507. The predicted molar refractivity (Wildman–Crippen MR) is 88.6 cm³/mol. The monoisotopic (exact) mass is 364 g/mol. The third-order valence-electron chi connectivity index (χ3n) is 5.33. The molecule has 1 aromatic carbocycles. The van der Waals surface area contributed by atoms with Gasteiger partial charge >= 0.3 is 0 Å². The van der Waals surface area contributed by atoms with Gasteiger partial charge in [0.2, 0.25) is 0 Å². The Bertz CT molecular complexity index is 785. The van der Waals surface area contributed by atoms with Gasteiger partial charge in [-0.2, -0.15) is 5.10 Å². The van der Waals surface area contributed by atoms with Crippen molar-refractivity contribution in [3.05, 3.63) is 47.3 Å². The van der Waals surface area contributed by atoms with Gasteiger partial charge in [-0.3, -0.25) is 4.79 Å². The Kier molecular flexibility index (Phi) is 4.21. The van der Waals surface area contributed by atoms with Gasteiger partial charge in [0, 0.05) is 13.1 Å². The van der Waals surface area contributed by atoms with E-state index in [1.165, 1.54) is 18.5 Å². The molecule has 6 nitrogen and oxygen atoms in total. The molecule has 0 bridgehead atoms. The molecule has 1 aromatic heterocycles. The molecule has 0 unspecified atom stereocenters. The van der Waals surface area contributed by atoms with Crippen LogP contribution in [0.15, 0.2) is 30.9 Å². The van der Waals surface area contributed by atoms with E-state index in [1.54, 1.807) is 15.9 Å². The summed E-state index contributed by atoms with van der Waals surface area (Å²) in [6.45, 7) is 1.19. The Morgan fingerprint density at radius 3 is 2.72 bits per heavy atom. The third-order valence-corrected chi connectivity index (χ3v) is 5.65. The number of halogens is 2. The van der Waals surface area contributed by atoms with Gasteiger partial charge in [-0.15, -0.1) is 0 Å². The number of hydrogen-bond donors (Lipinski definition) is 1. The van der Waals surface area contributed by atoms with Crippen molar-refractivity contribution in [1.82, 2.24) is 19.7 Å². The average Bonchev–Trinajstić information content (AvgIpc) is 3.22. The van der Waals surface area contributed by atoms with Crippen LogP contribution < -0.4 is 0 Å². The Balaban J connectivity index is 1.50. The van der Waals surface area contributed by atoms with Crippen LogP contribution in [0, 0.1) is 17.7 Å². The number of fused-ring (bicyclic) bond motifs is 1. The van der Waals surface area contributed by atoms with E-state index in [0.717, 1.165) is 12.5 Å². The Hall–Kier alpha value is -1.99. The maximum atomic E-state index is 13.2. The minimum Gasteiger partial charge on any atom is -0.391 e. The molecule has 25 heavy (non-hydrogen) atoms. The largest absolute Gasteiger partial charge is 0.391 e. The fourth-order valence-electron chi connectivity index (χ4n) is 4.08. The fourth-order valence-corrected chi connectivity index (χ4v) is 4.33. The standard InChI is InChI=1S/C17H18ClFN4O2/c18-14-5-12(19)1-2-13(14)17(25)22-6-10-3-15(23-9-20-8-21-23)16(24)4-11(10)7-22/h1-2,5,8-11,15-16,24H,3-4,6-7H2/t10-,11+,15-,16-/m1/s1. The highest BCUT2D eigenvalue weighted by atomic mass is 35.5. The highest BCUT2D eigenvalue weighted by Crippen LogP contribution is 2.41. The lowest BCUT2D eigenvalue weighted by molar-refractivity contribution is 0.0304. The molecule has 8 heteroatoms. The number of aliphatic hydroxyl groups is 1. The van der Waals surface area contributed by atoms with Crippen LogP contribution in [-0.4, -0.2) is 49.9 Å². The molecular weight excluding hydrogens is 347 g/mol. The van der Waals surface area contributed by atoms with Crippen LogP contribution in [0.25, 0.3) is 0 Å². The summed E-state index contributed by atoms with van der Waals surface area (Å²) in [6.07, 6.45) is 3.93. The molecule has 2 aromatic rings. The second-order valence-corrected chi connectivity index (χ2v) is 7.24. The number of carbonyl (C=O) groups excluding carboxylic acids is 1. The maximum Gasteiger partial charge on any atom is 0.255 e.